The first-order chi connectivity index (χ1) is 28.2. The maximum Gasteiger partial charge on any atom is 0.164 e. The van der Waals surface area contributed by atoms with Crippen LogP contribution < -0.4 is 0 Å². The molecule has 4 heterocycles. The molecule has 0 N–H and O–H groups in total. The van der Waals surface area contributed by atoms with Crippen molar-refractivity contribution in [3.63, 3.8) is 0 Å². The summed E-state index contributed by atoms with van der Waals surface area (Å²) in [5, 5.41) is 6.58. The molecule has 12 rings (SSSR count). The molecular weight excluding hydrogens is 701 g/mol. The SMILES string of the molecule is c1ccc(-c2nc(-c3ccccc3)nc(-c3ccc4oc5c(-c6ccc7oc8c(-n9c%10ccccc%10c%10ccccc%109)cccc8c7c6)cccc5c4c3)n2)cc1. The molecule has 0 atom stereocenters. The van der Waals surface area contributed by atoms with Gasteiger partial charge in [0, 0.05) is 54.6 Å². The molecule has 0 bridgehead atoms. The first-order valence-electron chi connectivity index (χ1n) is 19.0. The van der Waals surface area contributed by atoms with E-state index in [-0.39, 0.29) is 0 Å². The van der Waals surface area contributed by atoms with E-state index in [0.29, 0.717) is 17.5 Å². The van der Waals surface area contributed by atoms with Gasteiger partial charge in [0.2, 0.25) is 0 Å². The summed E-state index contributed by atoms with van der Waals surface area (Å²) in [6.45, 7) is 0. The van der Waals surface area contributed by atoms with Gasteiger partial charge in [-0.1, -0.05) is 133 Å². The first-order valence-corrected chi connectivity index (χ1v) is 19.0. The maximum absolute atomic E-state index is 6.70. The Morgan fingerprint density at radius 3 is 1.44 bits per heavy atom. The second-order valence-electron chi connectivity index (χ2n) is 14.4. The van der Waals surface area contributed by atoms with Crippen molar-refractivity contribution in [1.29, 1.82) is 0 Å². The van der Waals surface area contributed by atoms with Crippen molar-refractivity contribution >= 4 is 65.7 Å². The monoisotopic (exact) mass is 730 g/mol. The molecule has 0 unspecified atom stereocenters. The molecule has 0 aliphatic carbocycles. The van der Waals surface area contributed by atoms with Gasteiger partial charge in [-0.2, -0.15) is 0 Å². The van der Waals surface area contributed by atoms with Crippen LogP contribution in [0, 0.1) is 0 Å². The quantitative estimate of drug-likeness (QED) is 0.176. The van der Waals surface area contributed by atoms with Crippen LogP contribution in [0.15, 0.2) is 191 Å². The standard InChI is InChI=1S/C51H30N4O2/c1-3-13-31(14-4-1)49-52-50(32-15-5-2-6-16-32)54-51(53-49)34-26-28-45-41(30-34)38-20-11-19-35(47(38)56-45)33-25-27-46-40(29-33)39-21-12-24-44(48(39)57-46)55-42-22-9-7-17-36(42)37-18-8-10-23-43(37)55/h1-30H. The highest BCUT2D eigenvalue weighted by Gasteiger charge is 2.20. The van der Waals surface area contributed by atoms with Crippen molar-refractivity contribution in [1.82, 2.24) is 19.5 Å². The lowest BCUT2D eigenvalue weighted by Crippen LogP contribution is -2.00. The number of aromatic nitrogens is 4. The van der Waals surface area contributed by atoms with Gasteiger partial charge in [0.05, 0.1) is 16.7 Å². The molecule has 0 amide bonds. The molecule has 266 valence electrons. The van der Waals surface area contributed by atoms with Gasteiger partial charge in [-0.3, -0.25) is 0 Å². The van der Waals surface area contributed by atoms with E-state index in [1.165, 1.54) is 10.8 Å². The summed E-state index contributed by atoms with van der Waals surface area (Å²) in [6.07, 6.45) is 0. The van der Waals surface area contributed by atoms with Gasteiger partial charge in [-0.25, -0.2) is 15.0 Å². The fraction of sp³-hybridized carbons (Fsp3) is 0. The van der Waals surface area contributed by atoms with E-state index in [2.05, 4.69) is 114 Å². The van der Waals surface area contributed by atoms with Gasteiger partial charge in [0.1, 0.15) is 16.7 Å². The summed E-state index contributed by atoms with van der Waals surface area (Å²) >= 11 is 0. The smallest absolute Gasteiger partial charge is 0.164 e. The van der Waals surface area contributed by atoms with E-state index in [4.69, 9.17) is 23.8 Å². The number of hydrogen-bond donors (Lipinski definition) is 0. The molecular formula is C51H30N4O2. The highest BCUT2D eigenvalue weighted by atomic mass is 16.3. The largest absolute Gasteiger partial charge is 0.455 e. The minimum absolute atomic E-state index is 0.604. The average molecular weight is 731 g/mol. The average Bonchev–Trinajstić information content (AvgIpc) is 3.96. The van der Waals surface area contributed by atoms with Crippen molar-refractivity contribution < 1.29 is 8.83 Å². The third-order valence-electron chi connectivity index (χ3n) is 11.1. The van der Waals surface area contributed by atoms with Gasteiger partial charge < -0.3 is 13.4 Å². The van der Waals surface area contributed by atoms with Gasteiger partial charge >= 0.3 is 0 Å². The lowest BCUT2D eigenvalue weighted by Gasteiger charge is -2.08. The van der Waals surface area contributed by atoms with E-state index in [0.717, 1.165) is 88.4 Å². The van der Waals surface area contributed by atoms with Crippen molar-refractivity contribution in [2.75, 3.05) is 0 Å². The zero-order valence-electron chi connectivity index (χ0n) is 30.4. The van der Waals surface area contributed by atoms with Crippen LogP contribution in [-0.2, 0) is 0 Å². The number of rotatable bonds is 5. The number of furan rings is 2. The topological polar surface area (TPSA) is 69.9 Å². The van der Waals surface area contributed by atoms with Crippen LogP contribution in [0.1, 0.15) is 0 Å². The lowest BCUT2D eigenvalue weighted by molar-refractivity contribution is 0.666. The fourth-order valence-corrected chi connectivity index (χ4v) is 8.41. The second kappa shape index (κ2) is 12.3. The van der Waals surface area contributed by atoms with Gasteiger partial charge in [0.25, 0.3) is 0 Å². The van der Waals surface area contributed by atoms with Crippen LogP contribution in [0.2, 0.25) is 0 Å². The molecule has 4 aromatic heterocycles. The molecule has 57 heavy (non-hydrogen) atoms. The summed E-state index contributed by atoms with van der Waals surface area (Å²) in [7, 11) is 0. The minimum atomic E-state index is 0.604. The maximum atomic E-state index is 6.70. The lowest BCUT2D eigenvalue weighted by atomic mass is 10.00. The van der Waals surface area contributed by atoms with Crippen LogP contribution in [0.4, 0.5) is 0 Å². The third-order valence-corrected chi connectivity index (χ3v) is 11.1. The van der Waals surface area contributed by atoms with Gasteiger partial charge in [-0.05, 0) is 54.1 Å². The van der Waals surface area contributed by atoms with E-state index >= 15 is 0 Å². The zero-order valence-corrected chi connectivity index (χ0v) is 30.4. The molecule has 0 spiro atoms. The number of hydrogen-bond acceptors (Lipinski definition) is 5. The van der Waals surface area contributed by atoms with E-state index in [9.17, 15) is 0 Å². The van der Waals surface area contributed by atoms with Gasteiger partial charge in [0.15, 0.2) is 23.1 Å². The van der Waals surface area contributed by atoms with Crippen molar-refractivity contribution in [2.45, 2.75) is 0 Å². The van der Waals surface area contributed by atoms with E-state index < -0.39 is 0 Å². The van der Waals surface area contributed by atoms with Crippen LogP contribution in [0.3, 0.4) is 0 Å². The summed E-state index contributed by atoms with van der Waals surface area (Å²) in [4.78, 5) is 14.8. The Kier molecular flexibility index (Phi) is 6.83. The number of para-hydroxylation sites is 4. The van der Waals surface area contributed by atoms with Crippen LogP contribution in [-0.4, -0.2) is 19.5 Å². The van der Waals surface area contributed by atoms with Crippen molar-refractivity contribution in [3.05, 3.63) is 182 Å². The zero-order chi connectivity index (χ0) is 37.5. The molecule has 0 aliphatic heterocycles. The Morgan fingerprint density at radius 1 is 0.333 bits per heavy atom. The van der Waals surface area contributed by atoms with Crippen LogP contribution >= 0.6 is 0 Å². The predicted molar refractivity (Wildman–Crippen MR) is 230 cm³/mol. The molecule has 0 fully saturated rings. The van der Waals surface area contributed by atoms with Crippen molar-refractivity contribution in [2.24, 2.45) is 0 Å². The molecule has 0 radical (unpaired) electrons. The Morgan fingerprint density at radius 2 is 0.807 bits per heavy atom. The molecule has 0 saturated heterocycles. The van der Waals surface area contributed by atoms with Crippen LogP contribution in [0.5, 0.6) is 0 Å². The van der Waals surface area contributed by atoms with Gasteiger partial charge in [-0.15, -0.1) is 0 Å². The molecule has 6 nitrogen and oxygen atoms in total. The Bertz CT molecular complexity index is 3410. The highest BCUT2D eigenvalue weighted by Crippen LogP contribution is 2.42. The Balaban J connectivity index is 0.991. The molecule has 12 aromatic rings. The molecule has 6 heteroatoms. The van der Waals surface area contributed by atoms with E-state index in [1.54, 1.807) is 0 Å². The molecule has 0 saturated carbocycles. The van der Waals surface area contributed by atoms with Crippen LogP contribution in [0.25, 0.3) is 117 Å². The second-order valence-corrected chi connectivity index (χ2v) is 14.4. The molecule has 8 aromatic carbocycles. The highest BCUT2D eigenvalue weighted by molar-refractivity contribution is 6.14. The summed E-state index contributed by atoms with van der Waals surface area (Å²) in [5.41, 5.74) is 11.5. The van der Waals surface area contributed by atoms with E-state index in [1.807, 2.05) is 72.8 Å². The number of benzene rings is 8. The third kappa shape index (κ3) is 4.94. The Hall–Kier alpha value is -7.83. The molecule has 0 aliphatic rings. The number of fused-ring (bicyclic) bond motifs is 9. The summed E-state index contributed by atoms with van der Waals surface area (Å²) in [5.74, 6) is 1.86. The first kappa shape index (κ1) is 31.5. The normalized spacial score (nSPS) is 11.9. The predicted octanol–water partition coefficient (Wildman–Crippen LogP) is 13.4. The number of nitrogens with zero attached hydrogens (tertiary/aromatic N) is 4. The summed E-state index contributed by atoms with van der Waals surface area (Å²) < 4.78 is 15.7. The minimum Gasteiger partial charge on any atom is -0.455 e. The fourth-order valence-electron chi connectivity index (χ4n) is 8.41. The summed E-state index contributed by atoms with van der Waals surface area (Å²) in [6, 6.07) is 62.6. The Labute approximate surface area is 325 Å². The van der Waals surface area contributed by atoms with Crippen molar-refractivity contribution in [3.8, 4) is 51.0 Å².